The summed E-state index contributed by atoms with van der Waals surface area (Å²) >= 11 is 1.86. The molecule has 0 atom stereocenters. The molecule has 0 radical (unpaired) electrons. The number of anilines is 2. The van der Waals surface area contributed by atoms with E-state index in [0.717, 1.165) is 11.4 Å². The quantitative estimate of drug-likeness (QED) is 0.313. The van der Waals surface area contributed by atoms with Crippen molar-refractivity contribution in [3.63, 3.8) is 0 Å². The van der Waals surface area contributed by atoms with Gasteiger partial charge in [-0.25, -0.2) is 0 Å². The van der Waals surface area contributed by atoms with Crippen molar-refractivity contribution in [2.75, 3.05) is 5.32 Å². The van der Waals surface area contributed by atoms with E-state index in [1.807, 2.05) is 17.4 Å². The summed E-state index contributed by atoms with van der Waals surface area (Å²) in [6.07, 6.45) is 0. The van der Waals surface area contributed by atoms with E-state index in [0.29, 0.717) is 0 Å². The highest BCUT2D eigenvalue weighted by Gasteiger charge is 2.10. The van der Waals surface area contributed by atoms with E-state index in [-0.39, 0.29) is 0 Å². The minimum atomic E-state index is 1.11. The first-order chi connectivity index (χ1) is 14.8. The molecule has 30 heavy (non-hydrogen) atoms. The van der Waals surface area contributed by atoms with Gasteiger partial charge in [-0.1, -0.05) is 66.7 Å². The third kappa shape index (κ3) is 2.94. The van der Waals surface area contributed by atoms with Gasteiger partial charge in [0.05, 0.1) is 0 Å². The molecule has 6 aromatic rings. The van der Waals surface area contributed by atoms with Gasteiger partial charge >= 0.3 is 0 Å². The van der Waals surface area contributed by atoms with Crippen LogP contribution in [0.1, 0.15) is 0 Å². The molecule has 5 aromatic carbocycles. The van der Waals surface area contributed by atoms with Crippen LogP contribution in [0.2, 0.25) is 0 Å². The van der Waals surface area contributed by atoms with E-state index in [1.165, 1.54) is 42.1 Å². The normalized spacial score (nSPS) is 11.3. The van der Waals surface area contributed by atoms with Crippen LogP contribution in [0.15, 0.2) is 109 Å². The Labute approximate surface area is 179 Å². The Morgan fingerprint density at radius 3 is 2.10 bits per heavy atom. The molecule has 1 aromatic heterocycles. The molecule has 0 spiro atoms. The molecule has 0 fully saturated rings. The Morgan fingerprint density at radius 2 is 1.27 bits per heavy atom. The maximum atomic E-state index is 3.53. The molecule has 0 unspecified atom stereocenters. The summed E-state index contributed by atoms with van der Waals surface area (Å²) in [7, 11) is 0. The van der Waals surface area contributed by atoms with Crippen molar-refractivity contribution in [2.24, 2.45) is 0 Å². The second-order valence-electron chi connectivity index (χ2n) is 7.54. The fourth-order valence-electron chi connectivity index (χ4n) is 4.18. The van der Waals surface area contributed by atoms with Gasteiger partial charge in [-0.15, -0.1) is 11.3 Å². The van der Waals surface area contributed by atoms with E-state index < -0.39 is 0 Å². The molecule has 0 saturated heterocycles. The second-order valence-corrected chi connectivity index (χ2v) is 8.63. The zero-order chi connectivity index (χ0) is 19.9. The number of hydrogen-bond acceptors (Lipinski definition) is 2. The summed E-state index contributed by atoms with van der Waals surface area (Å²) in [4.78, 5) is 0. The topological polar surface area (TPSA) is 12.0 Å². The van der Waals surface area contributed by atoms with E-state index in [9.17, 15) is 0 Å². The highest BCUT2D eigenvalue weighted by Crippen LogP contribution is 2.40. The third-order valence-corrected chi connectivity index (χ3v) is 6.76. The van der Waals surface area contributed by atoms with E-state index in [2.05, 4.69) is 108 Å². The summed E-state index contributed by atoms with van der Waals surface area (Å²) in [5.74, 6) is 0. The van der Waals surface area contributed by atoms with Crippen LogP contribution in [0.5, 0.6) is 0 Å². The van der Waals surface area contributed by atoms with Crippen LogP contribution in [0, 0.1) is 0 Å². The van der Waals surface area contributed by atoms with Gasteiger partial charge in [-0.2, -0.15) is 0 Å². The molecule has 142 valence electrons. The van der Waals surface area contributed by atoms with Crippen LogP contribution in [0.25, 0.3) is 42.1 Å². The predicted molar refractivity (Wildman–Crippen MR) is 132 cm³/mol. The van der Waals surface area contributed by atoms with Gasteiger partial charge in [0.25, 0.3) is 0 Å². The van der Waals surface area contributed by atoms with Gasteiger partial charge in [0.1, 0.15) is 0 Å². The van der Waals surface area contributed by atoms with Crippen molar-refractivity contribution in [2.45, 2.75) is 0 Å². The van der Waals surface area contributed by atoms with Gasteiger partial charge in [0.2, 0.25) is 0 Å². The number of hydrogen-bond donors (Lipinski definition) is 1. The SMILES string of the molecule is c1ccc(Nc2ccc3sc4ccc5cc(-c6ccccc6)ccc5c4c3c2)cc1. The third-order valence-electron chi connectivity index (χ3n) is 5.62. The molecule has 0 saturated carbocycles. The first-order valence-corrected chi connectivity index (χ1v) is 10.9. The van der Waals surface area contributed by atoms with Crippen molar-refractivity contribution in [3.05, 3.63) is 109 Å². The van der Waals surface area contributed by atoms with Crippen LogP contribution < -0.4 is 5.32 Å². The maximum absolute atomic E-state index is 3.53. The fraction of sp³-hybridized carbons (Fsp3) is 0. The lowest BCUT2D eigenvalue weighted by Crippen LogP contribution is -1.88. The number of thiophene rings is 1. The first-order valence-electron chi connectivity index (χ1n) is 10.1. The molecular weight excluding hydrogens is 382 g/mol. The van der Waals surface area contributed by atoms with Crippen molar-refractivity contribution in [1.29, 1.82) is 0 Å². The fourth-order valence-corrected chi connectivity index (χ4v) is 5.28. The molecule has 1 nitrogen and oxygen atoms in total. The number of rotatable bonds is 3. The lowest BCUT2D eigenvalue weighted by atomic mass is 9.98. The lowest BCUT2D eigenvalue weighted by Gasteiger charge is -2.08. The summed E-state index contributed by atoms with van der Waals surface area (Å²) in [6, 6.07) is 38.9. The van der Waals surface area contributed by atoms with Gasteiger partial charge in [0.15, 0.2) is 0 Å². The van der Waals surface area contributed by atoms with Crippen LogP contribution in [-0.4, -0.2) is 0 Å². The summed E-state index contributed by atoms with van der Waals surface area (Å²) in [6.45, 7) is 0. The molecule has 0 aliphatic carbocycles. The Hall–Kier alpha value is -3.62. The van der Waals surface area contributed by atoms with Crippen LogP contribution in [-0.2, 0) is 0 Å². The van der Waals surface area contributed by atoms with E-state index in [1.54, 1.807) is 0 Å². The van der Waals surface area contributed by atoms with Crippen molar-refractivity contribution < 1.29 is 0 Å². The van der Waals surface area contributed by atoms with Gasteiger partial charge in [-0.3, -0.25) is 0 Å². The number of para-hydroxylation sites is 1. The predicted octanol–water partition coefficient (Wildman–Crippen LogP) is 8.62. The van der Waals surface area contributed by atoms with Crippen LogP contribution in [0.4, 0.5) is 11.4 Å². The molecule has 0 aliphatic heterocycles. The summed E-state index contributed by atoms with van der Waals surface area (Å²) in [5, 5.41) is 8.80. The molecule has 0 amide bonds. The first kappa shape index (κ1) is 17.3. The largest absolute Gasteiger partial charge is 0.356 e. The average Bonchev–Trinajstić information content (AvgIpc) is 3.18. The Bertz CT molecular complexity index is 1500. The smallest absolute Gasteiger partial charge is 0.0391 e. The lowest BCUT2D eigenvalue weighted by molar-refractivity contribution is 1.57. The zero-order valence-electron chi connectivity index (χ0n) is 16.3. The summed E-state index contributed by atoms with van der Waals surface area (Å²) in [5.41, 5.74) is 4.73. The van der Waals surface area contributed by atoms with Gasteiger partial charge < -0.3 is 5.32 Å². The van der Waals surface area contributed by atoms with E-state index >= 15 is 0 Å². The molecule has 0 aliphatic rings. The maximum Gasteiger partial charge on any atom is 0.0391 e. The highest BCUT2D eigenvalue weighted by atomic mass is 32.1. The molecule has 2 heteroatoms. The van der Waals surface area contributed by atoms with Crippen LogP contribution in [0.3, 0.4) is 0 Å². The Kier molecular flexibility index (Phi) is 4.03. The van der Waals surface area contributed by atoms with E-state index in [4.69, 9.17) is 0 Å². The van der Waals surface area contributed by atoms with Crippen molar-refractivity contribution in [1.82, 2.24) is 0 Å². The zero-order valence-corrected chi connectivity index (χ0v) is 17.1. The Balaban J connectivity index is 1.53. The molecule has 6 rings (SSSR count). The Morgan fingerprint density at radius 1 is 0.500 bits per heavy atom. The minimum Gasteiger partial charge on any atom is -0.356 e. The highest BCUT2D eigenvalue weighted by molar-refractivity contribution is 7.26. The molecule has 0 bridgehead atoms. The van der Waals surface area contributed by atoms with Gasteiger partial charge in [-0.05, 0) is 64.4 Å². The number of nitrogens with one attached hydrogen (secondary N) is 1. The van der Waals surface area contributed by atoms with Crippen molar-refractivity contribution >= 4 is 53.7 Å². The molecular formula is C28H19NS. The minimum absolute atomic E-state index is 1.11. The molecule has 1 N–H and O–H groups in total. The monoisotopic (exact) mass is 401 g/mol. The summed E-state index contributed by atoms with van der Waals surface area (Å²) < 4.78 is 2.66. The van der Waals surface area contributed by atoms with Crippen LogP contribution >= 0.6 is 11.3 Å². The molecule has 1 heterocycles. The standard InChI is InChI=1S/C28H19NS/c1-3-7-19(8-4-1)20-11-14-24-21(17-20)12-15-27-28(24)25-18-23(13-16-26(25)30-27)29-22-9-5-2-6-10-22/h1-18,29H. The average molecular weight is 402 g/mol. The second kappa shape index (κ2) is 7.01. The van der Waals surface area contributed by atoms with Gasteiger partial charge in [0, 0.05) is 31.5 Å². The number of fused-ring (bicyclic) bond motifs is 5. The number of benzene rings is 5. The van der Waals surface area contributed by atoms with Crippen molar-refractivity contribution in [3.8, 4) is 11.1 Å².